The quantitative estimate of drug-likeness (QED) is 0.677. The van der Waals surface area contributed by atoms with Crippen molar-refractivity contribution in [1.82, 2.24) is 10.2 Å². The first-order valence-corrected chi connectivity index (χ1v) is 5.59. The molecule has 0 aliphatic carbocycles. The van der Waals surface area contributed by atoms with Gasteiger partial charge in [-0.3, -0.25) is 4.79 Å². The van der Waals surface area contributed by atoms with Crippen molar-refractivity contribution in [3.63, 3.8) is 0 Å². The number of hydrogen-bond acceptors (Lipinski definition) is 2. The van der Waals surface area contributed by atoms with E-state index in [1.165, 1.54) is 0 Å². The lowest BCUT2D eigenvalue weighted by Crippen LogP contribution is -2.35. The van der Waals surface area contributed by atoms with Gasteiger partial charge in [0.25, 0.3) is 0 Å². The van der Waals surface area contributed by atoms with Gasteiger partial charge in [0.1, 0.15) is 0 Å². The Labute approximate surface area is 87.9 Å². The summed E-state index contributed by atoms with van der Waals surface area (Å²) in [6, 6.07) is 0.288. The second-order valence-corrected chi connectivity index (χ2v) is 3.83. The van der Waals surface area contributed by atoms with E-state index in [1.54, 1.807) is 0 Å². The first-order valence-electron chi connectivity index (χ1n) is 5.59. The molecule has 1 N–H and O–H groups in total. The van der Waals surface area contributed by atoms with Gasteiger partial charge in [0.15, 0.2) is 0 Å². The third-order valence-corrected chi connectivity index (χ3v) is 2.31. The molecule has 14 heavy (non-hydrogen) atoms. The molecule has 0 saturated heterocycles. The van der Waals surface area contributed by atoms with Gasteiger partial charge in [-0.15, -0.1) is 0 Å². The normalized spacial score (nSPS) is 12.6. The summed E-state index contributed by atoms with van der Waals surface area (Å²) in [5.41, 5.74) is 0. The molecule has 1 unspecified atom stereocenters. The second-order valence-electron chi connectivity index (χ2n) is 3.83. The predicted molar refractivity (Wildman–Crippen MR) is 60.3 cm³/mol. The maximum absolute atomic E-state index is 11.6. The molecular formula is C11H24N2O. The molecule has 0 aromatic heterocycles. The van der Waals surface area contributed by atoms with Crippen LogP contribution in [0, 0.1) is 0 Å². The van der Waals surface area contributed by atoms with Gasteiger partial charge in [0.05, 0.1) is 0 Å². The number of carbonyl (C=O) groups excluding carboxylic acids is 1. The van der Waals surface area contributed by atoms with Crippen LogP contribution in [0.25, 0.3) is 0 Å². The fourth-order valence-corrected chi connectivity index (χ4v) is 1.36. The molecule has 3 heteroatoms. The van der Waals surface area contributed by atoms with Crippen LogP contribution in [0.5, 0.6) is 0 Å². The standard InChI is InChI=1S/C11H24N2O/c1-5-7-8-13(4)11(14)9-10(3)12-6-2/h10,12H,5-9H2,1-4H3. The van der Waals surface area contributed by atoms with Crippen LogP contribution in [-0.2, 0) is 4.79 Å². The maximum Gasteiger partial charge on any atom is 0.223 e. The number of carbonyl (C=O) groups is 1. The Morgan fingerprint density at radius 1 is 1.43 bits per heavy atom. The Kier molecular flexibility index (Phi) is 7.48. The van der Waals surface area contributed by atoms with Crippen LogP contribution in [-0.4, -0.2) is 37.0 Å². The average Bonchev–Trinajstić information content (AvgIpc) is 2.14. The SMILES string of the molecule is CCCCN(C)C(=O)CC(C)NCC. The van der Waals surface area contributed by atoms with Crippen LogP contribution in [0.4, 0.5) is 0 Å². The summed E-state index contributed by atoms with van der Waals surface area (Å²) >= 11 is 0. The average molecular weight is 200 g/mol. The molecule has 3 nitrogen and oxygen atoms in total. The van der Waals surface area contributed by atoms with E-state index in [0.29, 0.717) is 6.42 Å². The highest BCUT2D eigenvalue weighted by Gasteiger charge is 2.11. The van der Waals surface area contributed by atoms with Crippen molar-refractivity contribution in [3.8, 4) is 0 Å². The van der Waals surface area contributed by atoms with E-state index in [4.69, 9.17) is 0 Å². The van der Waals surface area contributed by atoms with E-state index in [1.807, 2.05) is 11.9 Å². The largest absolute Gasteiger partial charge is 0.346 e. The minimum absolute atomic E-state index is 0.243. The van der Waals surface area contributed by atoms with Crippen molar-refractivity contribution in [2.24, 2.45) is 0 Å². The van der Waals surface area contributed by atoms with E-state index in [9.17, 15) is 4.79 Å². The number of amides is 1. The van der Waals surface area contributed by atoms with Crippen LogP contribution in [0.15, 0.2) is 0 Å². The Bertz CT molecular complexity index is 159. The molecular weight excluding hydrogens is 176 g/mol. The van der Waals surface area contributed by atoms with Crippen LogP contribution < -0.4 is 5.32 Å². The van der Waals surface area contributed by atoms with E-state index < -0.39 is 0 Å². The van der Waals surface area contributed by atoms with E-state index >= 15 is 0 Å². The van der Waals surface area contributed by atoms with Gasteiger partial charge in [-0.05, 0) is 19.9 Å². The fourth-order valence-electron chi connectivity index (χ4n) is 1.36. The summed E-state index contributed by atoms with van der Waals surface area (Å²) in [6.07, 6.45) is 2.84. The molecule has 0 aliphatic rings. The third kappa shape index (κ3) is 5.97. The molecule has 0 aliphatic heterocycles. The first kappa shape index (κ1) is 13.4. The van der Waals surface area contributed by atoms with Crippen molar-refractivity contribution < 1.29 is 4.79 Å². The second kappa shape index (κ2) is 7.80. The molecule has 0 radical (unpaired) electrons. The summed E-state index contributed by atoms with van der Waals surface area (Å²) in [7, 11) is 1.89. The number of nitrogens with zero attached hydrogens (tertiary/aromatic N) is 1. The zero-order chi connectivity index (χ0) is 11.0. The van der Waals surface area contributed by atoms with Gasteiger partial charge in [0, 0.05) is 26.1 Å². The zero-order valence-corrected chi connectivity index (χ0v) is 9.97. The lowest BCUT2D eigenvalue weighted by molar-refractivity contribution is -0.130. The zero-order valence-electron chi connectivity index (χ0n) is 9.97. The van der Waals surface area contributed by atoms with Gasteiger partial charge in [-0.25, -0.2) is 0 Å². The highest BCUT2D eigenvalue weighted by molar-refractivity contribution is 5.76. The number of hydrogen-bond donors (Lipinski definition) is 1. The number of rotatable bonds is 7. The highest BCUT2D eigenvalue weighted by Crippen LogP contribution is 1.98. The molecule has 0 rings (SSSR count). The molecule has 0 aromatic carbocycles. The molecule has 0 aromatic rings. The minimum atomic E-state index is 0.243. The van der Waals surface area contributed by atoms with Crippen LogP contribution >= 0.6 is 0 Å². The summed E-state index contributed by atoms with van der Waals surface area (Å²) in [6.45, 7) is 8.05. The first-order chi connectivity index (χ1) is 6.61. The molecule has 0 spiro atoms. The van der Waals surface area contributed by atoms with Gasteiger partial charge >= 0.3 is 0 Å². The van der Waals surface area contributed by atoms with Crippen LogP contribution in [0.2, 0.25) is 0 Å². The fraction of sp³-hybridized carbons (Fsp3) is 0.909. The van der Waals surface area contributed by atoms with Gasteiger partial charge in [0.2, 0.25) is 5.91 Å². The van der Waals surface area contributed by atoms with E-state index in [2.05, 4.69) is 26.1 Å². The van der Waals surface area contributed by atoms with Gasteiger partial charge in [-0.1, -0.05) is 20.3 Å². The highest BCUT2D eigenvalue weighted by atomic mass is 16.2. The smallest absolute Gasteiger partial charge is 0.223 e. The molecule has 1 atom stereocenters. The van der Waals surface area contributed by atoms with Crippen molar-refractivity contribution in [2.45, 2.75) is 46.1 Å². The minimum Gasteiger partial charge on any atom is -0.346 e. The summed E-state index contributed by atoms with van der Waals surface area (Å²) < 4.78 is 0. The predicted octanol–water partition coefficient (Wildman–Crippen LogP) is 1.63. The summed E-state index contributed by atoms with van der Waals surface area (Å²) in [4.78, 5) is 13.5. The molecule has 0 fully saturated rings. The topological polar surface area (TPSA) is 32.3 Å². The summed E-state index contributed by atoms with van der Waals surface area (Å²) in [5.74, 6) is 0.243. The maximum atomic E-state index is 11.6. The van der Waals surface area contributed by atoms with Gasteiger partial charge < -0.3 is 10.2 Å². The molecule has 0 heterocycles. The van der Waals surface area contributed by atoms with Crippen molar-refractivity contribution in [2.75, 3.05) is 20.1 Å². The van der Waals surface area contributed by atoms with Crippen molar-refractivity contribution >= 4 is 5.91 Å². The summed E-state index contributed by atoms with van der Waals surface area (Å²) in [5, 5.41) is 3.24. The Morgan fingerprint density at radius 2 is 2.07 bits per heavy atom. The number of unbranched alkanes of at least 4 members (excludes halogenated alkanes) is 1. The lowest BCUT2D eigenvalue weighted by atomic mass is 10.2. The van der Waals surface area contributed by atoms with Crippen molar-refractivity contribution in [1.29, 1.82) is 0 Å². The Morgan fingerprint density at radius 3 is 2.57 bits per heavy atom. The van der Waals surface area contributed by atoms with Gasteiger partial charge in [-0.2, -0.15) is 0 Å². The van der Waals surface area contributed by atoms with Crippen molar-refractivity contribution in [3.05, 3.63) is 0 Å². The monoisotopic (exact) mass is 200 g/mol. The van der Waals surface area contributed by atoms with E-state index in [-0.39, 0.29) is 11.9 Å². The Hall–Kier alpha value is -0.570. The van der Waals surface area contributed by atoms with Crippen LogP contribution in [0.1, 0.15) is 40.0 Å². The lowest BCUT2D eigenvalue weighted by Gasteiger charge is -2.19. The molecule has 0 bridgehead atoms. The van der Waals surface area contributed by atoms with E-state index in [0.717, 1.165) is 25.9 Å². The van der Waals surface area contributed by atoms with Crippen LogP contribution in [0.3, 0.4) is 0 Å². The third-order valence-electron chi connectivity index (χ3n) is 2.31. The Balaban J connectivity index is 3.71. The molecule has 1 amide bonds. The molecule has 84 valence electrons. The number of nitrogens with one attached hydrogen (secondary N) is 1. The molecule has 0 saturated carbocycles.